The molecule has 0 saturated carbocycles. The lowest BCUT2D eigenvalue weighted by Gasteiger charge is -2.41. The molecule has 7 rings (SSSR count). The van der Waals surface area contributed by atoms with Crippen molar-refractivity contribution in [3.63, 3.8) is 0 Å². The Balaban J connectivity index is 1.17. The smallest absolute Gasteiger partial charge is 0.328 e. The number of hydrogen-bond acceptors (Lipinski definition) is 12. The molecule has 1 saturated heterocycles. The largest absolute Gasteiger partial charge is 0.502 e. The summed E-state index contributed by atoms with van der Waals surface area (Å²) in [6.45, 7) is 2.38. The maximum atomic E-state index is 14.1. The number of halogens is 1. The van der Waals surface area contributed by atoms with Crippen LogP contribution < -0.4 is 35.5 Å². The summed E-state index contributed by atoms with van der Waals surface area (Å²) >= 11 is 0. The number of aromatic amines is 1. The number of nitrogens with one attached hydrogen (secondary N) is 2. The highest BCUT2D eigenvalue weighted by atomic mass is 19.1. The monoisotopic (exact) mass is 773 g/mol. The van der Waals surface area contributed by atoms with E-state index >= 15 is 0 Å². The van der Waals surface area contributed by atoms with Gasteiger partial charge in [-0.2, -0.15) is 4.39 Å². The van der Waals surface area contributed by atoms with Crippen molar-refractivity contribution >= 4 is 11.9 Å². The summed E-state index contributed by atoms with van der Waals surface area (Å²) in [7, 11) is 2.88. The number of rotatable bonds is 15. The summed E-state index contributed by atoms with van der Waals surface area (Å²) in [6.07, 6.45) is 2.98. The first kappa shape index (κ1) is 38.4. The highest BCUT2D eigenvalue weighted by molar-refractivity contribution is 5.80. The zero-order valence-corrected chi connectivity index (χ0v) is 31.2. The molecule has 2 unspecified atom stereocenters. The first-order valence-electron chi connectivity index (χ1n) is 18.6. The standard InChI is InChI=1S/C41H44FN3O11/c1-22(14-23-10-6-4-7-11-23)35(40(49)53-13-9-5-8-12-45-19-28(42)38(47)44-41(45)50)43-36-26-18-30-29(55-21-56-30)17-25(26)33(34-27(36)20-54-39(34)48)24-15-31(51-2)37(46)32(16-24)52-3/h4,6-7,10-11,15-19,22,27,33-36,43,46H,5,8-9,12-14,20-21H2,1-3H3,(H,44,47,50)/t22?,27-,33+,34-,35?,36+/m0/s1. The second kappa shape index (κ2) is 16.5. The molecule has 3 N–H and O–H groups in total. The van der Waals surface area contributed by atoms with Gasteiger partial charge in [0.25, 0.3) is 5.56 Å². The molecule has 0 radical (unpaired) electrons. The van der Waals surface area contributed by atoms with E-state index in [2.05, 4.69) is 5.32 Å². The van der Waals surface area contributed by atoms with Crippen LogP contribution in [0.4, 0.5) is 4.39 Å². The van der Waals surface area contributed by atoms with Crippen LogP contribution in [0.2, 0.25) is 0 Å². The zero-order chi connectivity index (χ0) is 39.5. The predicted octanol–water partition coefficient (Wildman–Crippen LogP) is 4.35. The number of fused-ring (bicyclic) bond motifs is 3. The number of H-pyrrole nitrogens is 1. The summed E-state index contributed by atoms with van der Waals surface area (Å²) in [5, 5.41) is 14.4. The van der Waals surface area contributed by atoms with E-state index in [4.69, 9.17) is 28.4 Å². The molecule has 3 aromatic carbocycles. The van der Waals surface area contributed by atoms with Gasteiger partial charge in [0.05, 0.1) is 39.5 Å². The lowest BCUT2D eigenvalue weighted by atomic mass is 9.65. The first-order valence-corrected chi connectivity index (χ1v) is 18.6. The van der Waals surface area contributed by atoms with Crippen molar-refractivity contribution < 1.29 is 47.5 Å². The summed E-state index contributed by atoms with van der Waals surface area (Å²) in [4.78, 5) is 53.2. The molecule has 0 bridgehead atoms. The number of unbranched alkanes of at least 4 members (excludes halogenated alkanes) is 2. The van der Waals surface area contributed by atoms with Crippen LogP contribution in [0.25, 0.3) is 0 Å². The Kier molecular flexibility index (Phi) is 11.3. The molecule has 0 spiro atoms. The number of phenolic OH excluding ortho intramolecular Hbond substituents is 1. The number of phenols is 1. The number of aryl methyl sites for hydroxylation is 1. The average molecular weight is 774 g/mol. The van der Waals surface area contributed by atoms with Crippen LogP contribution in [0.1, 0.15) is 60.4 Å². The van der Waals surface area contributed by atoms with E-state index in [-0.39, 0.29) is 49.7 Å². The van der Waals surface area contributed by atoms with Crippen molar-refractivity contribution in [2.45, 2.75) is 57.2 Å². The number of methoxy groups -OCH3 is 2. The van der Waals surface area contributed by atoms with Crippen molar-refractivity contribution in [2.24, 2.45) is 17.8 Å². The van der Waals surface area contributed by atoms with Crippen molar-refractivity contribution in [3.8, 4) is 28.7 Å². The Bertz CT molecular complexity index is 2180. The molecule has 1 fully saturated rings. The number of aromatic hydroxyl groups is 1. The van der Waals surface area contributed by atoms with Crippen LogP contribution in [-0.4, -0.2) is 66.9 Å². The van der Waals surface area contributed by atoms with Gasteiger partial charge >= 0.3 is 17.6 Å². The summed E-state index contributed by atoms with van der Waals surface area (Å²) in [6, 6.07) is 15.6. The van der Waals surface area contributed by atoms with E-state index in [1.807, 2.05) is 54.4 Å². The van der Waals surface area contributed by atoms with Gasteiger partial charge in [0, 0.05) is 24.4 Å². The minimum absolute atomic E-state index is 0.0261. The molecule has 1 aromatic heterocycles. The molecule has 6 atom stereocenters. The molecule has 15 heteroatoms. The van der Waals surface area contributed by atoms with Crippen molar-refractivity contribution in [1.82, 2.24) is 14.9 Å². The Morgan fingerprint density at radius 1 is 0.982 bits per heavy atom. The third-order valence-electron chi connectivity index (χ3n) is 10.9. The molecule has 0 amide bonds. The van der Waals surface area contributed by atoms with E-state index in [9.17, 15) is 28.7 Å². The van der Waals surface area contributed by atoms with E-state index in [0.717, 1.165) is 27.5 Å². The van der Waals surface area contributed by atoms with E-state index < -0.39 is 58.8 Å². The van der Waals surface area contributed by atoms with Crippen LogP contribution in [0.5, 0.6) is 28.7 Å². The fourth-order valence-electron chi connectivity index (χ4n) is 8.10. The van der Waals surface area contributed by atoms with Crippen molar-refractivity contribution in [3.05, 3.63) is 110 Å². The number of esters is 2. The maximum Gasteiger partial charge on any atom is 0.328 e. The van der Waals surface area contributed by atoms with Crippen LogP contribution in [0.15, 0.2) is 70.4 Å². The lowest BCUT2D eigenvalue weighted by Crippen LogP contribution is -2.50. The average Bonchev–Trinajstić information content (AvgIpc) is 3.82. The minimum atomic E-state index is -1.06. The maximum absolute atomic E-state index is 14.1. The summed E-state index contributed by atoms with van der Waals surface area (Å²) < 4.78 is 49.1. The normalized spacial score (nSPS) is 20.4. The number of carbonyl (C=O) groups excluding carboxylic acids is 2. The zero-order valence-electron chi connectivity index (χ0n) is 31.2. The van der Waals surface area contributed by atoms with E-state index in [1.165, 1.54) is 14.2 Å². The number of nitrogens with zero attached hydrogens (tertiary/aromatic N) is 1. The third kappa shape index (κ3) is 7.68. The molecule has 3 aliphatic rings. The molecule has 3 heterocycles. The van der Waals surface area contributed by atoms with Gasteiger partial charge in [-0.05, 0) is 78.1 Å². The number of ether oxygens (including phenoxy) is 6. The van der Waals surface area contributed by atoms with Gasteiger partial charge in [0.1, 0.15) is 6.04 Å². The minimum Gasteiger partial charge on any atom is -0.502 e. The molecule has 4 aromatic rings. The van der Waals surface area contributed by atoms with Gasteiger partial charge in [0.15, 0.2) is 23.0 Å². The number of hydrogen-bond donors (Lipinski definition) is 3. The van der Waals surface area contributed by atoms with Crippen LogP contribution in [-0.2, 0) is 32.0 Å². The molecule has 14 nitrogen and oxygen atoms in total. The fourth-order valence-corrected chi connectivity index (χ4v) is 8.10. The first-order chi connectivity index (χ1) is 27.1. The quantitative estimate of drug-likeness (QED) is 0.115. The Morgan fingerprint density at radius 2 is 1.68 bits per heavy atom. The molecular formula is C41H44FN3O11. The summed E-state index contributed by atoms with van der Waals surface area (Å²) in [5.41, 5.74) is 1.49. The SMILES string of the molecule is COc1cc([C@@H]2c3cc4c(cc3[C@@H](NC(C(=O)OCCCCCn3cc(F)c(=O)[nH]c3=O)C(C)Cc3ccccc3)[C@H]3COC(=O)[C@H]23)OCO4)cc(OC)c1O. The Hall–Kier alpha value is -5.83. The van der Waals surface area contributed by atoms with Gasteiger partial charge < -0.3 is 33.5 Å². The van der Waals surface area contributed by atoms with Crippen LogP contribution >= 0.6 is 0 Å². The van der Waals surface area contributed by atoms with E-state index in [0.29, 0.717) is 42.7 Å². The Morgan fingerprint density at radius 3 is 2.38 bits per heavy atom. The second-order valence-corrected chi connectivity index (χ2v) is 14.4. The van der Waals surface area contributed by atoms with Crippen LogP contribution in [0.3, 0.4) is 0 Å². The van der Waals surface area contributed by atoms with Gasteiger partial charge in [-0.25, -0.2) is 4.79 Å². The Labute approximate surface area is 321 Å². The highest BCUT2D eigenvalue weighted by Gasteiger charge is 2.53. The molecule has 2 aliphatic heterocycles. The van der Waals surface area contributed by atoms with Crippen molar-refractivity contribution in [1.29, 1.82) is 0 Å². The van der Waals surface area contributed by atoms with E-state index in [1.54, 1.807) is 12.1 Å². The highest BCUT2D eigenvalue weighted by Crippen LogP contribution is 2.55. The van der Waals surface area contributed by atoms with Gasteiger partial charge in [0.2, 0.25) is 18.4 Å². The van der Waals surface area contributed by atoms with Crippen molar-refractivity contribution in [2.75, 3.05) is 34.2 Å². The third-order valence-corrected chi connectivity index (χ3v) is 10.9. The molecule has 56 heavy (non-hydrogen) atoms. The fraction of sp³-hybridized carbons (Fsp3) is 0.415. The molecular weight excluding hydrogens is 729 g/mol. The molecule has 1 aliphatic carbocycles. The van der Waals surface area contributed by atoms with Gasteiger partial charge in [-0.3, -0.25) is 29.3 Å². The second-order valence-electron chi connectivity index (χ2n) is 14.4. The summed E-state index contributed by atoms with van der Waals surface area (Å²) in [5.74, 6) is -2.60. The molecule has 296 valence electrons. The predicted molar refractivity (Wildman–Crippen MR) is 199 cm³/mol. The number of aromatic nitrogens is 2. The lowest BCUT2D eigenvalue weighted by molar-refractivity contribution is -0.148. The topological polar surface area (TPSA) is 177 Å². The van der Waals surface area contributed by atoms with Gasteiger partial charge in [-0.1, -0.05) is 37.3 Å². The number of benzene rings is 3. The van der Waals surface area contributed by atoms with Crippen LogP contribution in [0, 0.1) is 23.6 Å². The van der Waals surface area contributed by atoms with Gasteiger partial charge in [-0.15, -0.1) is 0 Å². The number of cyclic esters (lactones) is 1. The number of carbonyl (C=O) groups is 2.